The van der Waals surface area contributed by atoms with Crippen LogP contribution in [0.25, 0.3) is 10.2 Å². The molecule has 0 N–H and O–H groups in total. The van der Waals surface area contributed by atoms with Gasteiger partial charge in [-0.1, -0.05) is 12.1 Å². The lowest BCUT2D eigenvalue weighted by molar-refractivity contribution is 0.0735. The molecule has 3 heterocycles. The fourth-order valence-corrected chi connectivity index (χ4v) is 4.17. The quantitative estimate of drug-likeness (QED) is 0.716. The van der Waals surface area contributed by atoms with Gasteiger partial charge >= 0.3 is 0 Å². The summed E-state index contributed by atoms with van der Waals surface area (Å²) in [5.41, 5.74) is 2.60. The maximum absolute atomic E-state index is 12.8. The first-order valence-electron chi connectivity index (χ1n) is 7.81. The van der Waals surface area contributed by atoms with Crippen LogP contribution in [0.5, 0.6) is 0 Å². The summed E-state index contributed by atoms with van der Waals surface area (Å²) in [5.74, 6) is 0.0549. The number of carbonyl (C=O) groups excluding carboxylic acids is 1. The number of aromatic nitrogens is 2. The van der Waals surface area contributed by atoms with E-state index in [0.717, 1.165) is 35.6 Å². The Bertz CT molecular complexity index is 823. The average molecular weight is 323 g/mol. The van der Waals surface area contributed by atoms with E-state index in [1.807, 2.05) is 42.2 Å². The molecule has 23 heavy (non-hydrogen) atoms. The van der Waals surface area contributed by atoms with Crippen molar-refractivity contribution in [3.8, 4) is 0 Å². The molecule has 1 aliphatic heterocycles. The van der Waals surface area contributed by atoms with Crippen molar-refractivity contribution < 1.29 is 4.79 Å². The second-order valence-electron chi connectivity index (χ2n) is 5.86. The Balaban J connectivity index is 1.65. The molecule has 0 unspecified atom stereocenters. The number of hydrogen-bond donors (Lipinski definition) is 0. The highest BCUT2D eigenvalue weighted by Crippen LogP contribution is 2.37. The van der Waals surface area contributed by atoms with Crippen molar-refractivity contribution in [1.82, 2.24) is 14.9 Å². The van der Waals surface area contributed by atoms with E-state index in [9.17, 15) is 4.79 Å². The van der Waals surface area contributed by atoms with Crippen molar-refractivity contribution in [2.75, 3.05) is 6.54 Å². The van der Waals surface area contributed by atoms with Crippen molar-refractivity contribution in [2.45, 2.75) is 25.8 Å². The molecule has 1 aliphatic rings. The highest BCUT2D eigenvalue weighted by atomic mass is 32.1. The number of thiazole rings is 1. The predicted molar refractivity (Wildman–Crippen MR) is 91.6 cm³/mol. The summed E-state index contributed by atoms with van der Waals surface area (Å²) >= 11 is 1.69. The van der Waals surface area contributed by atoms with Crippen molar-refractivity contribution >= 4 is 27.5 Å². The van der Waals surface area contributed by atoms with Gasteiger partial charge in [0.2, 0.25) is 0 Å². The van der Waals surface area contributed by atoms with Crippen LogP contribution in [-0.2, 0) is 0 Å². The van der Waals surface area contributed by atoms with Gasteiger partial charge in [-0.15, -0.1) is 11.3 Å². The normalized spacial score (nSPS) is 17.8. The second-order valence-corrected chi connectivity index (χ2v) is 6.93. The van der Waals surface area contributed by atoms with Gasteiger partial charge in [0, 0.05) is 18.4 Å². The number of carbonyl (C=O) groups is 1. The molecular weight excluding hydrogens is 306 g/mol. The van der Waals surface area contributed by atoms with E-state index < -0.39 is 0 Å². The lowest BCUT2D eigenvalue weighted by Gasteiger charge is -2.23. The molecule has 2 aromatic heterocycles. The van der Waals surface area contributed by atoms with Gasteiger partial charge in [0.15, 0.2) is 0 Å². The zero-order chi connectivity index (χ0) is 15.8. The van der Waals surface area contributed by atoms with Gasteiger partial charge in [-0.2, -0.15) is 0 Å². The summed E-state index contributed by atoms with van der Waals surface area (Å²) in [5, 5.41) is 1.04. The lowest BCUT2D eigenvalue weighted by Crippen LogP contribution is -2.30. The maximum atomic E-state index is 12.8. The number of nitrogens with zero attached hydrogens (tertiary/aromatic N) is 3. The standard InChI is InChI=1S/C18H17N3OS/c1-12-8-9-13(11-19-12)18(22)21-10-4-6-15(21)17-20-14-5-2-3-7-16(14)23-17/h2-3,5,7-9,11,15H,4,6,10H2,1H3/t15-/m0/s1. The summed E-state index contributed by atoms with van der Waals surface area (Å²) < 4.78 is 1.18. The summed E-state index contributed by atoms with van der Waals surface area (Å²) in [7, 11) is 0. The maximum Gasteiger partial charge on any atom is 0.256 e. The molecule has 4 nitrogen and oxygen atoms in total. The smallest absolute Gasteiger partial charge is 0.256 e. The fourth-order valence-electron chi connectivity index (χ4n) is 3.06. The first-order chi connectivity index (χ1) is 11.2. The van der Waals surface area contributed by atoms with Crippen LogP contribution in [0.4, 0.5) is 0 Å². The highest BCUT2D eigenvalue weighted by Gasteiger charge is 2.32. The monoisotopic (exact) mass is 323 g/mol. The van der Waals surface area contributed by atoms with Crippen LogP contribution in [0, 0.1) is 6.92 Å². The first kappa shape index (κ1) is 14.3. The molecule has 5 heteroatoms. The summed E-state index contributed by atoms with van der Waals surface area (Å²) in [4.78, 5) is 23.8. The van der Waals surface area contributed by atoms with Gasteiger partial charge in [-0.3, -0.25) is 9.78 Å². The minimum atomic E-state index is 0.0549. The molecule has 4 rings (SSSR count). The van der Waals surface area contributed by atoms with Crippen LogP contribution < -0.4 is 0 Å². The molecule has 1 amide bonds. The van der Waals surface area contributed by atoms with Crippen LogP contribution >= 0.6 is 11.3 Å². The molecule has 1 saturated heterocycles. The molecule has 0 bridgehead atoms. The summed E-state index contributed by atoms with van der Waals surface area (Å²) in [6, 6.07) is 12.0. The number of fused-ring (bicyclic) bond motifs is 1. The van der Waals surface area contributed by atoms with Gasteiger partial charge in [0.05, 0.1) is 21.8 Å². The number of para-hydroxylation sites is 1. The van der Waals surface area contributed by atoms with E-state index in [1.54, 1.807) is 17.5 Å². The second kappa shape index (κ2) is 5.74. The average Bonchev–Trinajstić information content (AvgIpc) is 3.21. The van der Waals surface area contributed by atoms with Gasteiger partial charge < -0.3 is 4.90 Å². The zero-order valence-electron chi connectivity index (χ0n) is 12.9. The van der Waals surface area contributed by atoms with Crippen LogP contribution in [-0.4, -0.2) is 27.3 Å². The molecule has 0 aliphatic carbocycles. The Morgan fingerprint density at radius 2 is 2.13 bits per heavy atom. The largest absolute Gasteiger partial charge is 0.329 e. The first-order valence-corrected chi connectivity index (χ1v) is 8.63. The number of pyridine rings is 1. The SMILES string of the molecule is Cc1ccc(C(=O)N2CCC[C@H]2c2nc3ccccc3s2)cn1. The number of hydrogen-bond acceptors (Lipinski definition) is 4. The molecule has 0 radical (unpaired) electrons. The Kier molecular flexibility index (Phi) is 3.58. The van der Waals surface area contributed by atoms with Gasteiger partial charge in [-0.25, -0.2) is 4.98 Å². The highest BCUT2D eigenvalue weighted by molar-refractivity contribution is 7.18. The summed E-state index contributed by atoms with van der Waals surface area (Å²) in [6.07, 6.45) is 3.67. The zero-order valence-corrected chi connectivity index (χ0v) is 13.7. The lowest BCUT2D eigenvalue weighted by atomic mass is 10.2. The Labute approximate surface area is 138 Å². The van der Waals surface area contributed by atoms with Crippen LogP contribution in [0.2, 0.25) is 0 Å². The van der Waals surface area contributed by atoms with Crippen LogP contribution in [0.3, 0.4) is 0 Å². The van der Waals surface area contributed by atoms with Gasteiger partial charge in [0.1, 0.15) is 5.01 Å². The van der Waals surface area contributed by atoms with Gasteiger partial charge in [0.25, 0.3) is 5.91 Å². The third-order valence-electron chi connectivity index (χ3n) is 4.27. The molecule has 1 aromatic carbocycles. The van der Waals surface area contributed by atoms with Crippen LogP contribution in [0.15, 0.2) is 42.6 Å². The molecule has 1 fully saturated rings. The summed E-state index contributed by atoms with van der Waals surface area (Å²) in [6.45, 7) is 2.71. The van der Waals surface area contributed by atoms with E-state index in [4.69, 9.17) is 4.98 Å². The third kappa shape index (κ3) is 2.61. The van der Waals surface area contributed by atoms with Crippen molar-refractivity contribution in [3.63, 3.8) is 0 Å². The van der Waals surface area contributed by atoms with E-state index in [2.05, 4.69) is 11.1 Å². The number of likely N-dealkylation sites (tertiary alicyclic amines) is 1. The molecular formula is C18H17N3OS. The molecule has 1 atom stereocenters. The third-order valence-corrected chi connectivity index (χ3v) is 5.41. The predicted octanol–water partition coefficient (Wildman–Crippen LogP) is 3.98. The van der Waals surface area contributed by atoms with Crippen molar-refractivity contribution in [3.05, 3.63) is 58.9 Å². The Morgan fingerprint density at radius 1 is 1.26 bits per heavy atom. The van der Waals surface area contributed by atoms with E-state index in [1.165, 1.54) is 4.70 Å². The fraction of sp³-hybridized carbons (Fsp3) is 0.278. The van der Waals surface area contributed by atoms with Crippen molar-refractivity contribution in [1.29, 1.82) is 0 Å². The topological polar surface area (TPSA) is 46.1 Å². The van der Waals surface area contributed by atoms with Crippen molar-refractivity contribution in [2.24, 2.45) is 0 Å². The number of benzene rings is 1. The molecule has 0 saturated carbocycles. The van der Waals surface area contributed by atoms with E-state index in [-0.39, 0.29) is 11.9 Å². The number of aryl methyl sites for hydroxylation is 1. The minimum absolute atomic E-state index is 0.0549. The Hall–Kier alpha value is -2.27. The van der Waals surface area contributed by atoms with E-state index >= 15 is 0 Å². The van der Waals surface area contributed by atoms with Gasteiger partial charge in [-0.05, 0) is 44.0 Å². The number of amides is 1. The van der Waals surface area contributed by atoms with E-state index in [0.29, 0.717) is 5.56 Å². The minimum Gasteiger partial charge on any atom is -0.329 e. The van der Waals surface area contributed by atoms with Crippen LogP contribution in [0.1, 0.15) is 39.9 Å². The molecule has 3 aromatic rings. The molecule has 116 valence electrons. The molecule has 0 spiro atoms. The Morgan fingerprint density at radius 3 is 2.91 bits per heavy atom. The number of rotatable bonds is 2.